The van der Waals surface area contributed by atoms with Crippen LogP contribution in [0.3, 0.4) is 0 Å². The fourth-order valence-electron chi connectivity index (χ4n) is 0.486. The molecular weight excluding hydrogens is 148 g/mol. The molecule has 0 N–H and O–H groups in total. The Labute approximate surface area is 71.4 Å². The molecule has 0 aromatic carbocycles. The molecule has 0 nitrogen and oxygen atoms in total. The fourth-order valence-corrected chi connectivity index (χ4v) is 1.10. The second kappa shape index (κ2) is 5.05. The summed E-state index contributed by atoms with van der Waals surface area (Å²) in [7, 11) is -0.959. The topological polar surface area (TPSA) is 0 Å². The van der Waals surface area contributed by atoms with E-state index in [1.807, 2.05) is 6.92 Å². The smallest absolute Gasteiger partial charge is 0.0574 e. The van der Waals surface area contributed by atoms with Crippen LogP contribution in [0, 0.1) is 23.7 Å². The highest BCUT2D eigenvalue weighted by Crippen LogP contribution is 2.05. The van der Waals surface area contributed by atoms with E-state index < -0.39 is 8.07 Å². The van der Waals surface area contributed by atoms with E-state index in [2.05, 4.69) is 43.3 Å². The van der Waals surface area contributed by atoms with Crippen molar-refractivity contribution in [3.8, 4) is 23.7 Å². The summed E-state index contributed by atoms with van der Waals surface area (Å²) < 4.78 is 0. The van der Waals surface area contributed by atoms with Crippen LogP contribution in [0.4, 0.5) is 0 Å². The molecule has 60 valence electrons. The summed E-state index contributed by atoms with van der Waals surface area (Å²) >= 11 is 0. The van der Waals surface area contributed by atoms with Crippen LogP contribution in [0.15, 0.2) is 0 Å². The number of hydrogen-bond donors (Lipinski definition) is 0. The van der Waals surface area contributed by atoms with E-state index in [0.717, 1.165) is 12.5 Å². The molecule has 0 aliphatic carbocycles. The van der Waals surface area contributed by atoms with Gasteiger partial charge in [-0.25, -0.2) is 0 Å². The van der Waals surface area contributed by atoms with Gasteiger partial charge in [0.1, 0.15) is 0 Å². The van der Waals surface area contributed by atoms with Crippen LogP contribution in [0.2, 0.25) is 25.7 Å². The first-order valence-electron chi connectivity index (χ1n) is 4.02. The molecule has 0 saturated carbocycles. The zero-order valence-corrected chi connectivity index (χ0v) is 8.91. The molecule has 0 heterocycles. The molecule has 0 bridgehead atoms. The second-order valence-corrected chi connectivity index (χ2v) is 9.17. The highest BCUT2D eigenvalue weighted by Gasteiger charge is 2.09. The van der Waals surface area contributed by atoms with E-state index >= 15 is 0 Å². The molecule has 0 aliphatic rings. The Balaban J connectivity index is 3.74. The minimum Gasteiger partial charge on any atom is -0.0921 e. The highest BCUT2D eigenvalue weighted by atomic mass is 28.3. The average Bonchev–Trinajstić information content (AvgIpc) is 1.85. The first-order valence-corrected chi connectivity index (χ1v) is 7.72. The maximum absolute atomic E-state index is 3.10. The molecule has 0 atom stereocenters. The van der Waals surface area contributed by atoms with Gasteiger partial charge in [-0.2, -0.15) is 0 Å². The van der Waals surface area contributed by atoms with Gasteiger partial charge in [0.2, 0.25) is 0 Å². The van der Waals surface area contributed by atoms with Crippen molar-refractivity contribution >= 4 is 8.07 Å². The lowest BCUT2D eigenvalue weighted by Crippen LogP contribution is -2.17. The Morgan fingerprint density at radius 2 is 1.55 bits per heavy atom. The molecule has 0 aromatic rings. The zero-order chi connectivity index (χ0) is 8.74. The van der Waals surface area contributed by atoms with E-state index in [9.17, 15) is 0 Å². The summed E-state index contributed by atoms with van der Waals surface area (Å²) in [6.45, 7) is 8.98. The van der Waals surface area contributed by atoms with Gasteiger partial charge in [-0.3, -0.25) is 0 Å². The third-order valence-electron chi connectivity index (χ3n) is 1.03. The van der Waals surface area contributed by atoms with E-state index in [0.29, 0.717) is 0 Å². The van der Waals surface area contributed by atoms with Gasteiger partial charge < -0.3 is 0 Å². The number of hydrogen-bond acceptors (Lipinski definition) is 0. The lowest BCUT2D eigenvalue weighted by atomic mass is 10.5. The Bertz CT molecular complexity index is 211. The van der Waals surface area contributed by atoms with Crippen LogP contribution in [0.1, 0.15) is 13.3 Å². The Hall–Kier alpha value is -0.663. The van der Waals surface area contributed by atoms with Gasteiger partial charge in [0.05, 0.1) is 8.07 Å². The maximum atomic E-state index is 3.10. The Morgan fingerprint density at radius 3 is 2.00 bits per heavy atom. The van der Waals surface area contributed by atoms with Gasteiger partial charge in [0.15, 0.2) is 0 Å². The van der Waals surface area contributed by atoms with Crippen molar-refractivity contribution in [2.75, 3.05) is 0 Å². The summed E-state index contributed by atoms with van der Waals surface area (Å²) in [5.41, 5.74) is 0. The molecule has 11 heavy (non-hydrogen) atoms. The van der Waals surface area contributed by atoms with Crippen LogP contribution in [-0.4, -0.2) is 8.07 Å². The normalized spacial score (nSPS) is 9.09. The summed E-state index contributed by atoms with van der Waals surface area (Å²) in [5.74, 6) is 11.7. The molecule has 0 spiro atoms. The molecule has 0 radical (unpaired) electrons. The second-order valence-electron chi connectivity index (χ2n) is 3.69. The SMILES string of the molecule is CCC#CC#CC[Si](C)(C)C. The van der Waals surface area contributed by atoms with Gasteiger partial charge in [0, 0.05) is 12.5 Å². The Kier molecular flexibility index (Phi) is 4.74. The standard InChI is InChI=1S/C10H16Si/c1-5-6-7-8-9-10-11(2,3)4/h5,10H2,1-4H3. The van der Waals surface area contributed by atoms with Crippen molar-refractivity contribution in [3.63, 3.8) is 0 Å². The van der Waals surface area contributed by atoms with E-state index in [-0.39, 0.29) is 0 Å². The predicted molar refractivity (Wildman–Crippen MR) is 54.0 cm³/mol. The molecule has 0 saturated heterocycles. The molecule has 0 amide bonds. The van der Waals surface area contributed by atoms with E-state index in [1.165, 1.54) is 0 Å². The van der Waals surface area contributed by atoms with Gasteiger partial charge in [-0.1, -0.05) is 38.4 Å². The third kappa shape index (κ3) is 9.34. The summed E-state index contributed by atoms with van der Waals surface area (Å²) in [4.78, 5) is 0. The van der Waals surface area contributed by atoms with Gasteiger partial charge in [0.25, 0.3) is 0 Å². The molecule has 0 aliphatic heterocycles. The lowest BCUT2D eigenvalue weighted by molar-refractivity contribution is 1.28. The van der Waals surface area contributed by atoms with Crippen molar-refractivity contribution in [2.45, 2.75) is 39.0 Å². The molecule has 0 fully saturated rings. The highest BCUT2D eigenvalue weighted by molar-refractivity contribution is 6.76. The monoisotopic (exact) mass is 164 g/mol. The van der Waals surface area contributed by atoms with Crippen LogP contribution in [0.5, 0.6) is 0 Å². The molecule has 0 unspecified atom stereocenters. The van der Waals surface area contributed by atoms with Gasteiger partial charge >= 0.3 is 0 Å². The van der Waals surface area contributed by atoms with E-state index in [1.54, 1.807) is 0 Å². The van der Waals surface area contributed by atoms with Gasteiger partial charge in [-0.05, 0) is 11.8 Å². The first kappa shape index (κ1) is 10.3. The molecule has 0 aromatic heterocycles. The summed E-state index contributed by atoms with van der Waals surface area (Å²) in [6.07, 6.45) is 0.904. The molecular formula is C10H16Si. The van der Waals surface area contributed by atoms with Crippen molar-refractivity contribution in [3.05, 3.63) is 0 Å². The first-order chi connectivity index (χ1) is 5.06. The summed E-state index contributed by atoms with van der Waals surface area (Å²) in [6, 6.07) is 1.06. The Morgan fingerprint density at radius 1 is 1.00 bits per heavy atom. The number of rotatable bonds is 1. The fraction of sp³-hybridized carbons (Fsp3) is 0.600. The van der Waals surface area contributed by atoms with Crippen LogP contribution < -0.4 is 0 Å². The van der Waals surface area contributed by atoms with E-state index in [4.69, 9.17) is 0 Å². The largest absolute Gasteiger partial charge is 0.0921 e. The minimum absolute atomic E-state index is 0.904. The summed E-state index contributed by atoms with van der Waals surface area (Å²) in [5, 5.41) is 0. The third-order valence-corrected chi connectivity index (χ3v) is 2.27. The van der Waals surface area contributed by atoms with Crippen LogP contribution >= 0.6 is 0 Å². The molecule has 1 heteroatoms. The predicted octanol–water partition coefficient (Wildman–Crippen LogP) is 2.74. The average molecular weight is 164 g/mol. The lowest BCUT2D eigenvalue weighted by Gasteiger charge is -2.08. The van der Waals surface area contributed by atoms with Crippen molar-refractivity contribution in [2.24, 2.45) is 0 Å². The van der Waals surface area contributed by atoms with Crippen LogP contribution in [0.25, 0.3) is 0 Å². The minimum atomic E-state index is -0.959. The van der Waals surface area contributed by atoms with Crippen LogP contribution in [-0.2, 0) is 0 Å². The van der Waals surface area contributed by atoms with Crippen molar-refractivity contribution in [1.82, 2.24) is 0 Å². The maximum Gasteiger partial charge on any atom is 0.0574 e. The van der Waals surface area contributed by atoms with Crippen molar-refractivity contribution in [1.29, 1.82) is 0 Å². The zero-order valence-electron chi connectivity index (χ0n) is 7.91. The van der Waals surface area contributed by atoms with Gasteiger partial charge in [-0.15, -0.1) is 0 Å². The quantitative estimate of drug-likeness (QED) is 0.413. The van der Waals surface area contributed by atoms with Crippen molar-refractivity contribution < 1.29 is 0 Å². The molecule has 0 rings (SSSR count).